The van der Waals surface area contributed by atoms with Gasteiger partial charge in [-0.3, -0.25) is 4.90 Å². The van der Waals surface area contributed by atoms with E-state index in [4.69, 9.17) is 0 Å². The zero-order valence-electron chi connectivity index (χ0n) is 14.2. The summed E-state index contributed by atoms with van der Waals surface area (Å²) in [5.74, 6) is 0. The van der Waals surface area contributed by atoms with E-state index in [0.717, 1.165) is 26.1 Å². The summed E-state index contributed by atoms with van der Waals surface area (Å²) in [4.78, 5) is 3.86. The lowest BCUT2D eigenvalue weighted by atomic mass is 9.89. The topological polar surface area (TPSA) is 35.5 Å². The van der Waals surface area contributed by atoms with E-state index in [1.165, 1.54) is 42.6 Å². The van der Waals surface area contributed by atoms with Crippen molar-refractivity contribution in [2.24, 2.45) is 0 Å². The Kier molecular flexibility index (Phi) is 6.40. The molecule has 1 heterocycles. The van der Waals surface area contributed by atoms with Crippen molar-refractivity contribution in [3.8, 4) is 0 Å². The molecule has 2 aliphatic rings. The first-order valence-corrected chi connectivity index (χ1v) is 10.3. The van der Waals surface area contributed by atoms with Crippen LogP contribution in [0.3, 0.4) is 0 Å². The van der Waals surface area contributed by atoms with Crippen LogP contribution >= 0.6 is 11.8 Å². The highest BCUT2D eigenvalue weighted by Crippen LogP contribution is 2.26. The lowest BCUT2D eigenvalue weighted by molar-refractivity contribution is 0.00714. The highest BCUT2D eigenvalue weighted by Gasteiger charge is 2.31. The zero-order valence-corrected chi connectivity index (χ0v) is 15.0. The minimum absolute atomic E-state index is 0.0943. The number of hydrogen-bond donors (Lipinski definition) is 2. The number of aliphatic hydroxyl groups excluding tert-OH is 1. The molecule has 3 rings (SSSR count). The molecule has 2 N–H and O–H groups in total. The Morgan fingerprint density at radius 2 is 1.78 bits per heavy atom. The summed E-state index contributed by atoms with van der Waals surface area (Å²) in [7, 11) is 0. The molecule has 2 atom stereocenters. The maximum atomic E-state index is 10.2. The Labute approximate surface area is 144 Å². The molecule has 1 aliphatic heterocycles. The van der Waals surface area contributed by atoms with Crippen LogP contribution in [0, 0.1) is 0 Å². The van der Waals surface area contributed by atoms with Gasteiger partial charge in [0.1, 0.15) is 0 Å². The molecule has 1 aliphatic carbocycles. The summed E-state index contributed by atoms with van der Waals surface area (Å²) in [6.45, 7) is 3.22. The van der Waals surface area contributed by atoms with Crippen LogP contribution in [0.15, 0.2) is 29.2 Å². The smallest absolute Gasteiger partial charge is 0.0695 e. The third kappa shape index (κ3) is 4.72. The molecule has 1 saturated heterocycles. The molecule has 0 aromatic heterocycles. The number of benzene rings is 1. The number of rotatable bonds is 5. The lowest BCUT2D eigenvalue weighted by Crippen LogP contribution is -2.51. The Hall–Kier alpha value is -0.550. The van der Waals surface area contributed by atoms with Gasteiger partial charge in [0.15, 0.2) is 0 Å². The first-order chi connectivity index (χ1) is 11.3. The van der Waals surface area contributed by atoms with Crippen LogP contribution in [0.4, 0.5) is 0 Å². The summed E-state index contributed by atoms with van der Waals surface area (Å²) >= 11 is 1.79. The normalized spacial score (nSPS) is 27.2. The van der Waals surface area contributed by atoms with Gasteiger partial charge in [-0.15, -0.1) is 11.8 Å². The minimum atomic E-state index is -0.0943. The predicted octanol–water partition coefficient (Wildman–Crippen LogP) is 3.27. The van der Waals surface area contributed by atoms with E-state index in [1.54, 1.807) is 11.8 Å². The third-order valence-electron chi connectivity index (χ3n) is 5.45. The lowest BCUT2D eigenvalue weighted by Gasteiger charge is -2.41. The van der Waals surface area contributed by atoms with Crippen molar-refractivity contribution >= 4 is 11.8 Å². The fourth-order valence-corrected chi connectivity index (χ4v) is 4.37. The first kappa shape index (κ1) is 17.3. The van der Waals surface area contributed by atoms with Crippen molar-refractivity contribution < 1.29 is 5.11 Å². The number of hydrogen-bond acceptors (Lipinski definition) is 4. The molecule has 0 amide bonds. The van der Waals surface area contributed by atoms with Crippen molar-refractivity contribution in [1.82, 2.24) is 10.2 Å². The van der Waals surface area contributed by atoms with Gasteiger partial charge < -0.3 is 10.4 Å². The summed E-state index contributed by atoms with van der Waals surface area (Å²) in [6, 6.07) is 9.90. The van der Waals surface area contributed by atoms with E-state index in [9.17, 15) is 5.11 Å². The van der Waals surface area contributed by atoms with Gasteiger partial charge in [-0.05, 0) is 49.6 Å². The van der Waals surface area contributed by atoms with Crippen molar-refractivity contribution in [1.29, 1.82) is 0 Å². The molecule has 3 nitrogen and oxygen atoms in total. The van der Waals surface area contributed by atoms with Gasteiger partial charge in [0.2, 0.25) is 0 Å². The molecule has 1 aromatic rings. The Morgan fingerprint density at radius 1 is 1.09 bits per heavy atom. The average Bonchev–Trinajstić information content (AvgIpc) is 2.61. The molecule has 4 heteroatoms. The number of nitrogens with one attached hydrogen (secondary N) is 1. The zero-order chi connectivity index (χ0) is 16.1. The SMILES string of the molecule is CSc1ccc(CNC2CCN(C3CCCCC3O)CC2)cc1. The highest BCUT2D eigenvalue weighted by molar-refractivity contribution is 7.98. The average molecular weight is 335 g/mol. The summed E-state index contributed by atoms with van der Waals surface area (Å²) < 4.78 is 0. The van der Waals surface area contributed by atoms with Gasteiger partial charge in [-0.25, -0.2) is 0 Å². The number of thioether (sulfide) groups is 1. The van der Waals surface area contributed by atoms with E-state index in [2.05, 4.69) is 40.7 Å². The van der Waals surface area contributed by atoms with Crippen molar-refractivity contribution in [2.75, 3.05) is 19.3 Å². The summed E-state index contributed by atoms with van der Waals surface area (Å²) in [5, 5.41) is 13.9. The van der Waals surface area contributed by atoms with Gasteiger partial charge in [0, 0.05) is 36.6 Å². The molecule has 128 valence electrons. The number of likely N-dealkylation sites (tertiary alicyclic amines) is 1. The van der Waals surface area contributed by atoms with Crippen molar-refractivity contribution in [3.05, 3.63) is 29.8 Å². The summed E-state index contributed by atoms with van der Waals surface area (Å²) in [6.07, 6.45) is 9.08. The third-order valence-corrected chi connectivity index (χ3v) is 6.19. The van der Waals surface area contributed by atoms with Crippen LogP contribution in [-0.4, -0.2) is 47.5 Å². The quantitative estimate of drug-likeness (QED) is 0.810. The fourth-order valence-electron chi connectivity index (χ4n) is 3.96. The maximum Gasteiger partial charge on any atom is 0.0695 e. The van der Waals surface area contributed by atoms with Crippen molar-refractivity contribution in [2.45, 2.75) is 68.2 Å². The number of aliphatic hydroxyl groups is 1. The first-order valence-electron chi connectivity index (χ1n) is 9.04. The van der Waals surface area contributed by atoms with Crippen LogP contribution < -0.4 is 5.32 Å². The Balaban J connectivity index is 1.42. The molecular weight excluding hydrogens is 304 g/mol. The van der Waals surface area contributed by atoms with Gasteiger partial charge in [-0.2, -0.15) is 0 Å². The van der Waals surface area contributed by atoms with Gasteiger partial charge in [0.25, 0.3) is 0 Å². The monoisotopic (exact) mass is 334 g/mol. The van der Waals surface area contributed by atoms with Gasteiger partial charge in [-0.1, -0.05) is 25.0 Å². The standard InChI is InChI=1S/C19H30N2OS/c1-23-17-8-6-15(7-9-17)14-20-16-10-12-21(13-11-16)18-4-2-3-5-19(18)22/h6-9,16,18-20,22H,2-5,10-14H2,1H3. The second kappa shape index (κ2) is 8.52. The molecule has 1 saturated carbocycles. The highest BCUT2D eigenvalue weighted by atomic mass is 32.2. The van der Waals surface area contributed by atoms with Crippen molar-refractivity contribution in [3.63, 3.8) is 0 Å². The Bertz CT molecular complexity index is 471. The van der Waals surface area contributed by atoms with E-state index in [0.29, 0.717) is 12.1 Å². The van der Waals surface area contributed by atoms with Crippen LogP contribution in [0.5, 0.6) is 0 Å². The molecule has 0 spiro atoms. The van der Waals surface area contributed by atoms with E-state index in [1.807, 2.05) is 0 Å². The second-order valence-corrected chi connectivity index (χ2v) is 7.84. The molecule has 1 aromatic carbocycles. The predicted molar refractivity (Wildman–Crippen MR) is 97.9 cm³/mol. The van der Waals surface area contributed by atoms with Crippen LogP contribution in [0.25, 0.3) is 0 Å². The second-order valence-electron chi connectivity index (χ2n) is 6.96. The van der Waals surface area contributed by atoms with Gasteiger partial charge >= 0.3 is 0 Å². The molecule has 23 heavy (non-hydrogen) atoms. The maximum absolute atomic E-state index is 10.2. The van der Waals surface area contributed by atoms with Crippen LogP contribution in [0.1, 0.15) is 44.1 Å². The fraction of sp³-hybridized carbons (Fsp3) is 0.684. The van der Waals surface area contributed by atoms with E-state index >= 15 is 0 Å². The van der Waals surface area contributed by atoms with Gasteiger partial charge in [0.05, 0.1) is 6.10 Å². The molecular formula is C19H30N2OS. The Morgan fingerprint density at radius 3 is 2.43 bits per heavy atom. The molecule has 0 radical (unpaired) electrons. The van der Waals surface area contributed by atoms with Crippen LogP contribution in [-0.2, 0) is 6.54 Å². The number of piperidine rings is 1. The largest absolute Gasteiger partial charge is 0.391 e. The minimum Gasteiger partial charge on any atom is -0.391 e. The molecule has 0 bridgehead atoms. The molecule has 2 unspecified atom stereocenters. The van der Waals surface area contributed by atoms with E-state index < -0.39 is 0 Å². The summed E-state index contributed by atoms with van der Waals surface area (Å²) in [5.41, 5.74) is 1.37. The van der Waals surface area contributed by atoms with Crippen LogP contribution in [0.2, 0.25) is 0 Å². The van der Waals surface area contributed by atoms with E-state index in [-0.39, 0.29) is 6.10 Å². The molecule has 2 fully saturated rings. The number of nitrogens with zero attached hydrogens (tertiary/aromatic N) is 1.